The number of aryl methyl sites for hydroxylation is 1. The van der Waals surface area contributed by atoms with Crippen LogP contribution >= 0.6 is 0 Å². The molecule has 1 saturated heterocycles. The zero-order valence-corrected chi connectivity index (χ0v) is 10.4. The monoisotopic (exact) mass is 249 g/mol. The van der Waals surface area contributed by atoms with Gasteiger partial charge in [-0.15, -0.1) is 0 Å². The van der Waals surface area contributed by atoms with Gasteiger partial charge in [0.2, 0.25) is 0 Å². The molecule has 1 aromatic carbocycles. The first-order valence-electron chi connectivity index (χ1n) is 6.32. The summed E-state index contributed by atoms with van der Waals surface area (Å²) in [5, 5.41) is 3.28. The molecule has 5 heteroatoms. The van der Waals surface area contributed by atoms with Crippen LogP contribution in [0.1, 0.15) is 12.8 Å². The number of aromatic nitrogens is 1. The number of nitrogens with zero attached hydrogens (tertiary/aromatic N) is 2. The molecule has 0 radical (unpaired) electrons. The summed E-state index contributed by atoms with van der Waals surface area (Å²) >= 11 is 0. The topological polar surface area (TPSA) is 41.3 Å². The fraction of sp³-hybridized carbons (Fsp3) is 0.462. The molecule has 2 heterocycles. The number of oxazole rings is 1. The van der Waals surface area contributed by atoms with Crippen LogP contribution in [0.25, 0.3) is 11.1 Å². The van der Waals surface area contributed by atoms with Gasteiger partial charge in [0.1, 0.15) is 11.3 Å². The van der Waals surface area contributed by atoms with Gasteiger partial charge < -0.3 is 14.6 Å². The third kappa shape index (κ3) is 1.95. The first kappa shape index (κ1) is 11.5. The molecule has 0 spiro atoms. The molecule has 96 valence electrons. The van der Waals surface area contributed by atoms with Crippen molar-refractivity contribution in [1.29, 1.82) is 0 Å². The van der Waals surface area contributed by atoms with Crippen molar-refractivity contribution < 1.29 is 8.81 Å². The zero-order chi connectivity index (χ0) is 12.5. The van der Waals surface area contributed by atoms with Gasteiger partial charge in [0.05, 0.1) is 5.69 Å². The maximum atomic E-state index is 13.6. The molecule has 1 aromatic heterocycles. The molecule has 0 saturated carbocycles. The minimum Gasteiger partial charge on any atom is -0.439 e. The number of anilines is 1. The Morgan fingerprint density at radius 2 is 2.17 bits per heavy atom. The SMILES string of the molecule is CCc1nc2cc(F)cc(N3CCNCC3)c2o1. The van der Waals surface area contributed by atoms with Crippen molar-refractivity contribution in [2.24, 2.45) is 0 Å². The molecular formula is C13H16FN3O. The second kappa shape index (κ2) is 4.57. The second-order valence-electron chi connectivity index (χ2n) is 4.47. The minimum atomic E-state index is -0.257. The summed E-state index contributed by atoms with van der Waals surface area (Å²) in [6, 6.07) is 2.97. The van der Waals surface area contributed by atoms with E-state index in [0.717, 1.165) is 38.3 Å². The number of rotatable bonds is 2. The maximum Gasteiger partial charge on any atom is 0.195 e. The number of halogens is 1. The highest BCUT2D eigenvalue weighted by Gasteiger charge is 2.18. The molecule has 18 heavy (non-hydrogen) atoms. The van der Waals surface area contributed by atoms with Gasteiger partial charge in [-0.2, -0.15) is 0 Å². The van der Waals surface area contributed by atoms with E-state index in [1.54, 1.807) is 0 Å². The molecule has 2 aromatic rings. The van der Waals surface area contributed by atoms with Crippen LogP contribution < -0.4 is 10.2 Å². The molecule has 3 rings (SSSR count). The number of piperazine rings is 1. The fourth-order valence-corrected chi connectivity index (χ4v) is 2.32. The van der Waals surface area contributed by atoms with Gasteiger partial charge in [-0.25, -0.2) is 9.37 Å². The van der Waals surface area contributed by atoms with Gasteiger partial charge >= 0.3 is 0 Å². The molecule has 0 bridgehead atoms. The van der Waals surface area contributed by atoms with E-state index in [1.165, 1.54) is 12.1 Å². The summed E-state index contributed by atoms with van der Waals surface area (Å²) in [4.78, 5) is 6.44. The Hall–Kier alpha value is -1.62. The normalized spacial score (nSPS) is 16.4. The van der Waals surface area contributed by atoms with Crippen LogP contribution in [-0.4, -0.2) is 31.2 Å². The van der Waals surface area contributed by atoms with Crippen LogP contribution in [-0.2, 0) is 6.42 Å². The number of nitrogens with one attached hydrogen (secondary N) is 1. The van der Waals surface area contributed by atoms with E-state index in [2.05, 4.69) is 15.2 Å². The highest BCUT2D eigenvalue weighted by Crippen LogP contribution is 2.29. The molecule has 0 unspecified atom stereocenters. The molecule has 1 N–H and O–H groups in total. The van der Waals surface area contributed by atoms with Gasteiger partial charge in [0.15, 0.2) is 11.5 Å². The third-order valence-electron chi connectivity index (χ3n) is 3.24. The Labute approximate surface area is 105 Å². The summed E-state index contributed by atoms with van der Waals surface area (Å²) in [7, 11) is 0. The quantitative estimate of drug-likeness (QED) is 0.883. The van der Waals surface area contributed by atoms with Crippen LogP contribution in [0.2, 0.25) is 0 Å². The standard InChI is InChI=1S/C13H16FN3O/c1-2-12-16-10-7-9(14)8-11(13(10)18-12)17-5-3-15-4-6-17/h7-8,15H,2-6H2,1H3. The lowest BCUT2D eigenvalue weighted by molar-refractivity contribution is 0.532. The van der Waals surface area contributed by atoms with Crippen LogP contribution in [0.5, 0.6) is 0 Å². The van der Waals surface area contributed by atoms with Crippen molar-refractivity contribution in [2.45, 2.75) is 13.3 Å². The van der Waals surface area contributed by atoms with E-state index < -0.39 is 0 Å². The average Bonchev–Trinajstić information content (AvgIpc) is 2.81. The van der Waals surface area contributed by atoms with Gasteiger partial charge in [-0.1, -0.05) is 6.92 Å². The zero-order valence-electron chi connectivity index (χ0n) is 10.4. The highest BCUT2D eigenvalue weighted by molar-refractivity contribution is 5.87. The van der Waals surface area contributed by atoms with E-state index in [4.69, 9.17) is 4.42 Å². The fourth-order valence-electron chi connectivity index (χ4n) is 2.32. The van der Waals surface area contributed by atoms with Crippen molar-refractivity contribution in [1.82, 2.24) is 10.3 Å². The Morgan fingerprint density at radius 3 is 2.89 bits per heavy atom. The Kier molecular flexibility index (Phi) is 2.91. The molecule has 0 aliphatic carbocycles. The van der Waals surface area contributed by atoms with Gasteiger partial charge in [0, 0.05) is 44.7 Å². The summed E-state index contributed by atoms with van der Waals surface area (Å²) in [5.74, 6) is 0.402. The molecule has 1 aliphatic heterocycles. The largest absolute Gasteiger partial charge is 0.439 e. The van der Waals surface area contributed by atoms with Crippen molar-refractivity contribution in [3.63, 3.8) is 0 Å². The molecular weight excluding hydrogens is 233 g/mol. The predicted molar refractivity (Wildman–Crippen MR) is 68.4 cm³/mol. The first-order valence-corrected chi connectivity index (χ1v) is 6.32. The van der Waals surface area contributed by atoms with Gasteiger partial charge in [0.25, 0.3) is 0 Å². The first-order chi connectivity index (χ1) is 8.78. The maximum absolute atomic E-state index is 13.6. The summed E-state index contributed by atoms with van der Waals surface area (Å²) in [5.41, 5.74) is 2.13. The summed E-state index contributed by atoms with van der Waals surface area (Å²) in [6.45, 7) is 5.52. The lowest BCUT2D eigenvalue weighted by Gasteiger charge is -2.29. The van der Waals surface area contributed by atoms with Crippen LogP contribution in [0.4, 0.5) is 10.1 Å². The lowest BCUT2D eigenvalue weighted by atomic mass is 10.2. The smallest absolute Gasteiger partial charge is 0.195 e. The highest BCUT2D eigenvalue weighted by atomic mass is 19.1. The molecule has 1 aliphatic rings. The number of hydrogen-bond donors (Lipinski definition) is 1. The molecule has 1 fully saturated rings. The number of hydrogen-bond acceptors (Lipinski definition) is 4. The molecule has 4 nitrogen and oxygen atoms in total. The number of fused-ring (bicyclic) bond motifs is 1. The molecule has 0 atom stereocenters. The van der Waals surface area contributed by atoms with Crippen molar-refractivity contribution >= 4 is 16.8 Å². The summed E-state index contributed by atoms with van der Waals surface area (Å²) in [6.07, 6.45) is 0.720. The third-order valence-corrected chi connectivity index (χ3v) is 3.24. The van der Waals surface area contributed by atoms with Crippen LogP contribution in [0.15, 0.2) is 16.5 Å². The van der Waals surface area contributed by atoms with E-state index in [1.807, 2.05) is 6.92 Å². The second-order valence-corrected chi connectivity index (χ2v) is 4.47. The average molecular weight is 249 g/mol. The van der Waals surface area contributed by atoms with Crippen molar-refractivity contribution in [3.05, 3.63) is 23.8 Å². The Morgan fingerprint density at radius 1 is 1.39 bits per heavy atom. The van der Waals surface area contributed by atoms with Gasteiger partial charge in [-0.05, 0) is 0 Å². The van der Waals surface area contributed by atoms with E-state index in [9.17, 15) is 4.39 Å². The Balaban J connectivity index is 2.10. The van der Waals surface area contributed by atoms with Crippen LogP contribution in [0.3, 0.4) is 0 Å². The van der Waals surface area contributed by atoms with E-state index >= 15 is 0 Å². The van der Waals surface area contributed by atoms with Gasteiger partial charge in [-0.3, -0.25) is 0 Å². The molecule has 0 amide bonds. The summed E-state index contributed by atoms with van der Waals surface area (Å²) < 4.78 is 19.4. The van der Waals surface area contributed by atoms with Crippen LogP contribution in [0, 0.1) is 5.82 Å². The van der Waals surface area contributed by atoms with E-state index in [-0.39, 0.29) is 5.82 Å². The predicted octanol–water partition coefficient (Wildman–Crippen LogP) is 1.94. The van der Waals surface area contributed by atoms with Crippen molar-refractivity contribution in [2.75, 3.05) is 31.1 Å². The Bertz CT molecular complexity index is 561. The van der Waals surface area contributed by atoms with E-state index in [0.29, 0.717) is 17.0 Å². The lowest BCUT2D eigenvalue weighted by Crippen LogP contribution is -2.43. The van der Waals surface area contributed by atoms with Crippen molar-refractivity contribution in [3.8, 4) is 0 Å². The minimum absolute atomic E-state index is 0.257. The number of benzene rings is 1.